The second kappa shape index (κ2) is 8.88. The molecule has 0 bridgehead atoms. The summed E-state index contributed by atoms with van der Waals surface area (Å²) in [5.41, 5.74) is 0.322. The molecule has 124 valence electrons. The Morgan fingerprint density at radius 2 is 2.05 bits per heavy atom. The Morgan fingerprint density at radius 3 is 2.68 bits per heavy atom. The number of hydrogen-bond donors (Lipinski definition) is 2. The van der Waals surface area contributed by atoms with Crippen LogP contribution in [0, 0.1) is 5.82 Å². The van der Waals surface area contributed by atoms with E-state index in [1.807, 2.05) is 0 Å². The number of unbranched alkanes of at least 4 members (excludes halogenated alkanes) is 1. The van der Waals surface area contributed by atoms with Crippen molar-refractivity contribution in [2.24, 2.45) is 0 Å². The van der Waals surface area contributed by atoms with Gasteiger partial charge in [-0.2, -0.15) is 11.8 Å². The van der Waals surface area contributed by atoms with Crippen LogP contribution in [0.2, 0.25) is 0 Å². The number of ether oxygens (including phenoxy) is 1. The normalized spacial score (nSPS) is 11.1. The number of carbonyl (C=O) groups is 1. The third kappa shape index (κ3) is 7.54. The third-order valence-corrected chi connectivity index (χ3v) is 3.40. The number of halogens is 1. The highest BCUT2D eigenvalue weighted by molar-refractivity contribution is 7.98. The van der Waals surface area contributed by atoms with Gasteiger partial charge in [0, 0.05) is 12.2 Å². The molecule has 1 aromatic rings. The van der Waals surface area contributed by atoms with E-state index >= 15 is 0 Å². The van der Waals surface area contributed by atoms with Crippen molar-refractivity contribution in [2.75, 3.05) is 29.2 Å². The first kappa shape index (κ1) is 18.6. The van der Waals surface area contributed by atoms with Crippen molar-refractivity contribution in [2.45, 2.75) is 39.2 Å². The van der Waals surface area contributed by atoms with Crippen molar-refractivity contribution in [1.82, 2.24) is 0 Å². The quantitative estimate of drug-likeness (QED) is 0.711. The van der Waals surface area contributed by atoms with E-state index in [4.69, 9.17) is 4.74 Å². The van der Waals surface area contributed by atoms with Gasteiger partial charge in [0.25, 0.3) is 0 Å². The number of carbonyl (C=O) groups excluding carboxylic acids is 1. The lowest BCUT2D eigenvalue weighted by Gasteiger charge is -2.20. The van der Waals surface area contributed by atoms with Crippen molar-refractivity contribution in [3.05, 3.63) is 24.0 Å². The molecule has 1 amide bonds. The minimum atomic E-state index is -0.567. The maximum atomic E-state index is 13.7. The molecule has 22 heavy (non-hydrogen) atoms. The van der Waals surface area contributed by atoms with Crippen molar-refractivity contribution < 1.29 is 13.9 Å². The van der Waals surface area contributed by atoms with Gasteiger partial charge in [-0.15, -0.1) is 0 Å². The molecule has 1 rings (SSSR count). The standard InChI is InChI=1S/C16H25FN2O2S/c1-16(2,3)21-15(20)19-12-7-8-13(17)14(11-12)18-9-5-6-10-22-4/h7-8,11,18H,5-6,9-10H2,1-4H3,(H,19,20). The summed E-state index contributed by atoms with van der Waals surface area (Å²) in [4.78, 5) is 11.7. The summed E-state index contributed by atoms with van der Waals surface area (Å²) in [5, 5.41) is 5.66. The van der Waals surface area contributed by atoms with E-state index in [1.165, 1.54) is 12.1 Å². The molecule has 0 fully saturated rings. The summed E-state index contributed by atoms with van der Waals surface area (Å²) in [6.45, 7) is 6.07. The minimum absolute atomic E-state index is 0.334. The maximum Gasteiger partial charge on any atom is 0.412 e. The summed E-state index contributed by atoms with van der Waals surface area (Å²) in [6.07, 6.45) is 3.58. The van der Waals surface area contributed by atoms with Crippen LogP contribution in [0.5, 0.6) is 0 Å². The van der Waals surface area contributed by atoms with Crippen LogP contribution in [-0.4, -0.2) is 30.2 Å². The van der Waals surface area contributed by atoms with Gasteiger partial charge >= 0.3 is 6.09 Å². The van der Waals surface area contributed by atoms with Crippen LogP contribution in [0.3, 0.4) is 0 Å². The van der Waals surface area contributed by atoms with Crippen LogP contribution >= 0.6 is 11.8 Å². The first-order chi connectivity index (χ1) is 10.3. The Bertz CT molecular complexity index is 490. The first-order valence-electron chi connectivity index (χ1n) is 7.34. The zero-order valence-electron chi connectivity index (χ0n) is 13.7. The smallest absolute Gasteiger partial charge is 0.412 e. The van der Waals surface area contributed by atoms with Gasteiger partial charge in [-0.25, -0.2) is 9.18 Å². The van der Waals surface area contributed by atoms with E-state index in [2.05, 4.69) is 16.9 Å². The first-order valence-corrected chi connectivity index (χ1v) is 8.73. The average molecular weight is 328 g/mol. The molecule has 1 aromatic carbocycles. The topological polar surface area (TPSA) is 50.4 Å². The molecule has 6 heteroatoms. The monoisotopic (exact) mass is 328 g/mol. The van der Waals surface area contributed by atoms with Crippen LogP contribution in [0.4, 0.5) is 20.6 Å². The number of benzene rings is 1. The van der Waals surface area contributed by atoms with E-state index in [9.17, 15) is 9.18 Å². The molecule has 0 aliphatic heterocycles. The van der Waals surface area contributed by atoms with Gasteiger partial charge in [-0.1, -0.05) is 0 Å². The number of hydrogen-bond acceptors (Lipinski definition) is 4. The van der Waals surface area contributed by atoms with Crippen molar-refractivity contribution >= 4 is 29.2 Å². The fourth-order valence-electron chi connectivity index (χ4n) is 1.75. The summed E-state index contributed by atoms with van der Waals surface area (Å²) in [5.74, 6) is 0.768. The Morgan fingerprint density at radius 1 is 1.32 bits per heavy atom. The van der Waals surface area contributed by atoms with Gasteiger partial charge in [0.05, 0.1) is 5.69 Å². The summed E-state index contributed by atoms with van der Waals surface area (Å²) in [7, 11) is 0. The highest BCUT2D eigenvalue weighted by Gasteiger charge is 2.16. The molecule has 0 heterocycles. The van der Waals surface area contributed by atoms with Crippen molar-refractivity contribution in [3.8, 4) is 0 Å². The van der Waals surface area contributed by atoms with Gasteiger partial charge < -0.3 is 10.1 Å². The number of anilines is 2. The largest absolute Gasteiger partial charge is 0.444 e. The molecule has 0 saturated heterocycles. The van der Waals surface area contributed by atoms with E-state index in [0.717, 1.165) is 18.6 Å². The molecule has 0 saturated carbocycles. The number of amides is 1. The minimum Gasteiger partial charge on any atom is -0.444 e. The van der Waals surface area contributed by atoms with Gasteiger partial charge in [0.2, 0.25) is 0 Å². The molecule has 4 nitrogen and oxygen atoms in total. The highest BCUT2D eigenvalue weighted by Crippen LogP contribution is 2.20. The Balaban J connectivity index is 2.56. The Hall–Kier alpha value is -1.43. The molecule has 0 radical (unpaired) electrons. The summed E-state index contributed by atoms with van der Waals surface area (Å²) < 4.78 is 18.9. The van der Waals surface area contributed by atoms with E-state index in [-0.39, 0.29) is 5.82 Å². The number of nitrogens with one attached hydrogen (secondary N) is 2. The van der Waals surface area contributed by atoms with E-state index in [0.29, 0.717) is 17.9 Å². The lowest BCUT2D eigenvalue weighted by molar-refractivity contribution is 0.0636. The molecule has 0 unspecified atom stereocenters. The van der Waals surface area contributed by atoms with Crippen LogP contribution in [0.15, 0.2) is 18.2 Å². The third-order valence-electron chi connectivity index (χ3n) is 2.70. The molecule has 2 N–H and O–H groups in total. The Labute approximate surface area is 136 Å². The molecule has 0 atom stereocenters. The van der Waals surface area contributed by atoms with Gasteiger partial charge in [0.15, 0.2) is 0 Å². The van der Waals surface area contributed by atoms with Crippen molar-refractivity contribution in [3.63, 3.8) is 0 Å². The predicted molar refractivity (Wildman–Crippen MR) is 92.4 cm³/mol. The maximum absolute atomic E-state index is 13.7. The lowest BCUT2D eigenvalue weighted by atomic mass is 10.2. The molecule has 0 aliphatic carbocycles. The van der Waals surface area contributed by atoms with Crippen LogP contribution in [0.25, 0.3) is 0 Å². The number of thioether (sulfide) groups is 1. The zero-order valence-corrected chi connectivity index (χ0v) is 14.5. The zero-order chi connectivity index (χ0) is 16.6. The second-order valence-electron chi connectivity index (χ2n) is 5.95. The second-order valence-corrected chi connectivity index (χ2v) is 6.93. The SMILES string of the molecule is CSCCCCNc1cc(NC(=O)OC(C)(C)C)ccc1F. The van der Waals surface area contributed by atoms with Gasteiger partial charge in [-0.05, 0) is 63.8 Å². The predicted octanol–water partition coefficient (Wildman–Crippen LogP) is 4.73. The van der Waals surface area contributed by atoms with Gasteiger partial charge in [-0.3, -0.25) is 5.32 Å². The summed E-state index contributed by atoms with van der Waals surface area (Å²) in [6, 6.07) is 4.42. The summed E-state index contributed by atoms with van der Waals surface area (Å²) >= 11 is 1.80. The molecular weight excluding hydrogens is 303 g/mol. The van der Waals surface area contributed by atoms with Crippen molar-refractivity contribution in [1.29, 1.82) is 0 Å². The number of rotatable bonds is 7. The van der Waals surface area contributed by atoms with Crippen LogP contribution < -0.4 is 10.6 Å². The van der Waals surface area contributed by atoms with Crippen LogP contribution in [-0.2, 0) is 4.74 Å². The van der Waals surface area contributed by atoms with E-state index < -0.39 is 11.7 Å². The fraction of sp³-hybridized carbons (Fsp3) is 0.562. The fourth-order valence-corrected chi connectivity index (χ4v) is 2.25. The molecule has 0 aliphatic rings. The molecule has 0 spiro atoms. The lowest BCUT2D eigenvalue weighted by Crippen LogP contribution is -2.27. The van der Waals surface area contributed by atoms with Crippen LogP contribution in [0.1, 0.15) is 33.6 Å². The Kier molecular flexibility index (Phi) is 7.51. The molecular formula is C16H25FN2O2S. The van der Waals surface area contributed by atoms with Gasteiger partial charge in [0.1, 0.15) is 11.4 Å². The average Bonchev–Trinajstić information content (AvgIpc) is 2.39. The van der Waals surface area contributed by atoms with E-state index in [1.54, 1.807) is 38.6 Å². The molecule has 0 aromatic heterocycles. The highest BCUT2D eigenvalue weighted by atomic mass is 32.2.